The first-order valence-electron chi connectivity index (χ1n) is 7.87. The summed E-state index contributed by atoms with van der Waals surface area (Å²) in [7, 11) is -6.15. The summed E-state index contributed by atoms with van der Waals surface area (Å²) in [6, 6.07) is 3.88. The Hall–Kier alpha value is -1.36. The largest absolute Gasteiger partial charge is 0.323 e. The fourth-order valence-corrected chi connectivity index (χ4v) is 5.92. The fraction of sp³-hybridized carbons (Fsp3) is 0.438. The van der Waals surface area contributed by atoms with E-state index in [2.05, 4.69) is 9.12 Å². The second-order valence-corrected chi connectivity index (χ2v) is 11.9. The smallest absolute Gasteiger partial charge is 0.287 e. The van der Waals surface area contributed by atoms with Crippen LogP contribution in [0.5, 0.6) is 0 Å². The molecule has 7 nitrogen and oxygen atoms in total. The van der Waals surface area contributed by atoms with Gasteiger partial charge in [0.2, 0.25) is 14.8 Å². The van der Waals surface area contributed by atoms with Gasteiger partial charge in [-0.25, -0.2) is 8.42 Å². The molecule has 0 saturated heterocycles. The summed E-state index contributed by atoms with van der Waals surface area (Å²) >= 11 is 7.21. The standard InChI is InChI=1S/C16H22ClN3O4S3/c1-10-14(16(2,3)4)25-15(20(10)5)19-27(23,24)13-9-11(17)7-8-12(13)18-26(6,21)22/h7-9,18H,1-6H3/b19-15-. The fourth-order valence-electron chi connectivity index (χ4n) is 2.45. The monoisotopic (exact) mass is 451 g/mol. The van der Waals surface area contributed by atoms with E-state index < -0.39 is 20.0 Å². The van der Waals surface area contributed by atoms with Gasteiger partial charge in [0.05, 0.1) is 11.9 Å². The Morgan fingerprint density at radius 3 is 2.26 bits per heavy atom. The number of rotatable bonds is 4. The van der Waals surface area contributed by atoms with Crippen LogP contribution in [0.3, 0.4) is 0 Å². The highest BCUT2D eigenvalue weighted by molar-refractivity contribution is 7.92. The highest BCUT2D eigenvalue weighted by Gasteiger charge is 2.24. The number of nitrogens with zero attached hydrogens (tertiary/aromatic N) is 2. The van der Waals surface area contributed by atoms with Crippen molar-refractivity contribution < 1.29 is 16.8 Å². The van der Waals surface area contributed by atoms with Crippen molar-refractivity contribution in [2.75, 3.05) is 11.0 Å². The van der Waals surface area contributed by atoms with Crippen molar-refractivity contribution in [3.8, 4) is 0 Å². The Bertz CT molecular complexity index is 1150. The van der Waals surface area contributed by atoms with Crippen molar-refractivity contribution in [2.24, 2.45) is 11.4 Å². The van der Waals surface area contributed by atoms with Crippen LogP contribution in [-0.2, 0) is 32.5 Å². The van der Waals surface area contributed by atoms with Crippen LogP contribution in [0.1, 0.15) is 31.3 Å². The summed E-state index contributed by atoms with van der Waals surface area (Å²) in [5, 5.41) is 0.157. The molecular weight excluding hydrogens is 430 g/mol. The Kier molecular flexibility index (Phi) is 5.87. The van der Waals surface area contributed by atoms with Crippen molar-refractivity contribution in [3.63, 3.8) is 0 Å². The van der Waals surface area contributed by atoms with E-state index in [1.54, 1.807) is 11.6 Å². The maximum atomic E-state index is 12.9. The molecule has 0 aliphatic carbocycles. The lowest BCUT2D eigenvalue weighted by Crippen LogP contribution is -2.17. The highest BCUT2D eigenvalue weighted by atomic mass is 35.5. The summed E-state index contributed by atoms with van der Waals surface area (Å²) in [6.07, 6.45) is 0.938. The molecule has 0 spiro atoms. The van der Waals surface area contributed by atoms with E-state index >= 15 is 0 Å². The van der Waals surface area contributed by atoms with E-state index in [4.69, 9.17) is 11.6 Å². The average Bonchev–Trinajstić information content (AvgIpc) is 2.75. The predicted octanol–water partition coefficient (Wildman–Crippen LogP) is 3.01. The number of aromatic nitrogens is 1. The molecule has 0 saturated carbocycles. The minimum Gasteiger partial charge on any atom is -0.323 e. The van der Waals surface area contributed by atoms with Gasteiger partial charge in [0.1, 0.15) is 4.90 Å². The van der Waals surface area contributed by atoms with Crippen LogP contribution in [0.4, 0.5) is 5.69 Å². The lowest BCUT2D eigenvalue weighted by molar-refractivity contribution is 0.592. The van der Waals surface area contributed by atoms with Crippen LogP contribution in [0.2, 0.25) is 5.02 Å². The number of anilines is 1. The molecule has 1 N–H and O–H groups in total. The van der Waals surface area contributed by atoms with Gasteiger partial charge in [-0.3, -0.25) is 4.72 Å². The van der Waals surface area contributed by atoms with E-state index in [1.165, 1.54) is 29.5 Å². The van der Waals surface area contributed by atoms with E-state index in [-0.39, 0.29) is 21.0 Å². The molecule has 0 unspecified atom stereocenters. The van der Waals surface area contributed by atoms with Gasteiger partial charge in [-0.1, -0.05) is 32.4 Å². The first kappa shape index (κ1) is 21.9. The van der Waals surface area contributed by atoms with Gasteiger partial charge in [-0.15, -0.1) is 15.7 Å². The Morgan fingerprint density at radius 1 is 1.19 bits per heavy atom. The number of halogens is 1. The molecule has 0 radical (unpaired) electrons. The molecule has 0 aliphatic rings. The molecule has 0 aliphatic heterocycles. The van der Waals surface area contributed by atoms with Gasteiger partial charge in [0.15, 0.2) is 0 Å². The molecule has 1 aromatic carbocycles. The van der Waals surface area contributed by atoms with Crippen molar-refractivity contribution in [1.82, 2.24) is 4.57 Å². The molecule has 27 heavy (non-hydrogen) atoms. The summed E-state index contributed by atoms with van der Waals surface area (Å²) < 4.78 is 56.8. The molecule has 0 amide bonds. The molecule has 0 fully saturated rings. The Labute approximate surface area is 168 Å². The van der Waals surface area contributed by atoms with Gasteiger partial charge < -0.3 is 4.57 Å². The maximum Gasteiger partial charge on any atom is 0.287 e. The maximum absolute atomic E-state index is 12.9. The second kappa shape index (κ2) is 7.23. The third kappa shape index (κ3) is 5.13. The molecule has 1 heterocycles. The van der Waals surface area contributed by atoms with Gasteiger partial charge in [0.25, 0.3) is 10.0 Å². The Morgan fingerprint density at radius 2 is 1.78 bits per heavy atom. The summed E-state index contributed by atoms with van der Waals surface area (Å²) in [5.74, 6) is 0. The van der Waals surface area contributed by atoms with Gasteiger partial charge >= 0.3 is 0 Å². The SMILES string of the molecule is Cc1c(C(C)(C)C)s/c(=N\S(=O)(=O)c2cc(Cl)ccc2NS(C)(=O)=O)n1C. The molecule has 150 valence electrons. The zero-order chi connectivity index (χ0) is 20.8. The number of hydrogen-bond donors (Lipinski definition) is 1. The van der Waals surface area contributed by atoms with Crippen LogP contribution < -0.4 is 9.52 Å². The summed E-state index contributed by atoms with van der Waals surface area (Å²) in [4.78, 5) is 1.01. The summed E-state index contributed by atoms with van der Waals surface area (Å²) in [5.41, 5.74) is 0.656. The average molecular weight is 452 g/mol. The highest BCUT2D eigenvalue weighted by Crippen LogP contribution is 2.29. The van der Waals surface area contributed by atoms with Crippen molar-refractivity contribution >= 4 is 48.7 Å². The molecule has 0 atom stereocenters. The van der Waals surface area contributed by atoms with E-state index in [9.17, 15) is 16.8 Å². The number of hydrogen-bond acceptors (Lipinski definition) is 5. The number of benzene rings is 1. The van der Waals surface area contributed by atoms with E-state index in [0.29, 0.717) is 4.80 Å². The first-order valence-corrected chi connectivity index (χ1v) is 12.4. The minimum absolute atomic E-state index is 0.0994. The van der Waals surface area contributed by atoms with Crippen LogP contribution in [0.15, 0.2) is 27.5 Å². The second-order valence-electron chi connectivity index (χ2n) is 7.19. The van der Waals surface area contributed by atoms with Crippen molar-refractivity contribution in [2.45, 2.75) is 38.0 Å². The molecular formula is C16H22ClN3O4S3. The molecule has 2 aromatic rings. The van der Waals surface area contributed by atoms with E-state index in [1.807, 2.05) is 27.7 Å². The molecule has 0 bridgehead atoms. The predicted molar refractivity (Wildman–Crippen MR) is 109 cm³/mol. The lowest BCUT2D eigenvalue weighted by Gasteiger charge is -2.17. The van der Waals surface area contributed by atoms with E-state index in [0.717, 1.165) is 16.8 Å². The molecule has 11 heteroatoms. The lowest BCUT2D eigenvalue weighted by atomic mass is 9.93. The quantitative estimate of drug-likeness (QED) is 0.772. The minimum atomic E-state index is -4.21. The third-order valence-electron chi connectivity index (χ3n) is 3.71. The third-order valence-corrected chi connectivity index (χ3v) is 7.62. The number of sulfonamides is 2. The summed E-state index contributed by atoms with van der Waals surface area (Å²) in [6.45, 7) is 8.01. The topological polar surface area (TPSA) is 97.6 Å². The number of thiazole rings is 1. The zero-order valence-electron chi connectivity index (χ0n) is 15.9. The Balaban J connectivity index is 2.72. The van der Waals surface area contributed by atoms with Crippen LogP contribution in [-0.4, -0.2) is 27.7 Å². The van der Waals surface area contributed by atoms with Crippen molar-refractivity contribution in [3.05, 3.63) is 38.6 Å². The van der Waals surface area contributed by atoms with Gasteiger partial charge in [-0.05, 0) is 30.5 Å². The van der Waals surface area contributed by atoms with Crippen LogP contribution in [0.25, 0.3) is 0 Å². The molecule has 2 rings (SSSR count). The van der Waals surface area contributed by atoms with Gasteiger partial charge in [0, 0.05) is 22.6 Å². The van der Waals surface area contributed by atoms with Gasteiger partial charge in [-0.2, -0.15) is 8.42 Å². The molecule has 1 aromatic heterocycles. The first-order chi connectivity index (χ1) is 12.1. The van der Waals surface area contributed by atoms with Crippen LogP contribution in [0, 0.1) is 6.92 Å². The normalized spacial score (nSPS) is 13.8. The zero-order valence-corrected chi connectivity index (χ0v) is 19.1. The number of nitrogens with one attached hydrogen (secondary N) is 1. The van der Waals surface area contributed by atoms with Crippen molar-refractivity contribution in [1.29, 1.82) is 0 Å². The van der Waals surface area contributed by atoms with Crippen LogP contribution >= 0.6 is 22.9 Å².